The van der Waals surface area contributed by atoms with Gasteiger partial charge in [0.05, 0.1) is 22.2 Å². The number of hydrogen-bond acceptors (Lipinski definition) is 4. The molecule has 1 heterocycles. The minimum Gasteiger partial charge on any atom is -0.276 e. The second-order valence-electron chi connectivity index (χ2n) is 4.77. The summed E-state index contributed by atoms with van der Waals surface area (Å²) in [6.07, 6.45) is 0. The second-order valence-corrected chi connectivity index (χ2v) is 6.46. The van der Waals surface area contributed by atoms with Crippen molar-refractivity contribution in [2.75, 3.05) is 4.72 Å². The molecule has 0 aliphatic carbocycles. The molecule has 23 heavy (non-hydrogen) atoms. The average Bonchev–Trinajstić information content (AvgIpc) is 3.03. The average molecular weight is 324 g/mol. The molecule has 0 atom stereocenters. The predicted molar refractivity (Wildman–Crippen MR) is 86.0 cm³/mol. The molecular formula is C16H12N4O2S. The molecule has 3 rings (SSSR count). The van der Waals surface area contributed by atoms with Crippen molar-refractivity contribution in [1.82, 2.24) is 10.2 Å². The van der Waals surface area contributed by atoms with Gasteiger partial charge in [0.25, 0.3) is 10.0 Å². The van der Waals surface area contributed by atoms with Gasteiger partial charge in [-0.25, -0.2) is 8.42 Å². The highest BCUT2D eigenvalue weighted by Gasteiger charge is 2.16. The van der Waals surface area contributed by atoms with E-state index in [1.807, 2.05) is 36.4 Å². The van der Waals surface area contributed by atoms with Crippen LogP contribution in [-0.2, 0) is 10.0 Å². The summed E-state index contributed by atoms with van der Waals surface area (Å²) in [6, 6.07) is 18.7. The van der Waals surface area contributed by atoms with Crippen LogP contribution in [0.5, 0.6) is 0 Å². The van der Waals surface area contributed by atoms with Crippen LogP contribution in [0.4, 0.5) is 5.82 Å². The van der Waals surface area contributed by atoms with Crippen molar-refractivity contribution >= 4 is 15.8 Å². The first kappa shape index (κ1) is 14.8. The highest BCUT2D eigenvalue weighted by Crippen LogP contribution is 2.21. The van der Waals surface area contributed by atoms with E-state index in [9.17, 15) is 8.42 Å². The van der Waals surface area contributed by atoms with Gasteiger partial charge >= 0.3 is 0 Å². The Morgan fingerprint density at radius 1 is 1.04 bits per heavy atom. The first-order valence-electron chi connectivity index (χ1n) is 6.72. The first-order chi connectivity index (χ1) is 11.1. The van der Waals surface area contributed by atoms with Crippen molar-refractivity contribution in [3.63, 3.8) is 0 Å². The number of hydrogen-bond donors (Lipinski definition) is 2. The number of nitrogens with zero attached hydrogens (tertiary/aromatic N) is 2. The third kappa shape index (κ3) is 3.22. The number of aromatic nitrogens is 2. The number of aromatic amines is 1. The standard InChI is InChI=1S/C16H12N4O2S/c17-11-12-6-8-14(9-7-12)23(21,22)20-16-10-15(18-19-16)13-4-2-1-3-5-13/h1-10H,(H2,18,19,20). The Labute approximate surface area is 133 Å². The minimum absolute atomic E-state index is 0.0701. The lowest BCUT2D eigenvalue weighted by Crippen LogP contribution is -2.13. The summed E-state index contributed by atoms with van der Waals surface area (Å²) in [4.78, 5) is 0.0701. The van der Waals surface area contributed by atoms with Crippen LogP contribution in [-0.4, -0.2) is 18.6 Å². The topological polar surface area (TPSA) is 98.6 Å². The minimum atomic E-state index is -3.75. The van der Waals surface area contributed by atoms with Gasteiger partial charge in [-0.1, -0.05) is 30.3 Å². The third-order valence-corrected chi connectivity index (χ3v) is 4.57. The number of benzene rings is 2. The maximum Gasteiger partial charge on any atom is 0.263 e. The van der Waals surface area contributed by atoms with E-state index in [0.717, 1.165) is 5.56 Å². The van der Waals surface area contributed by atoms with Gasteiger partial charge in [0.15, 0.2) is 5.82 Å². The Hall–Kier alpha value is -3.11. The van der Waals surface area contributed by atoms with Gasteiger partial charge < -0.3 is 0 Å². The molecule has 1 aromatic heterocycles. The first-order valence-corrected chi connectivity index (χ1v) is 8.20. The van der Waals surface area contributed by atoms with Crippen molar-refractivity contribution in [1.29, 1.82) is 5.26 Å². The van der Waals surface area contributed by atoms with E-state index in [1.165, 1.54) is 24.3 Å². The van der Waals surface area contributed by atoms with Gasteiger partial charge in [0.1, 0.15) is 0 Å². The van der Waals surface area contributed by atoms with E-state index in [1.54, 1.807) is 6.07 Å². The summed E-state index contributed by atoms with van der Waals surface area (Å²) in [5, 5.41) is 15.5. The summed E-state index contributed by atoms with van der Waals surface area (Å²) in [5.74, 6) is 0.202. The molecule has 0 unspecified atom stereocenters. The molecule has 6 nitrogen and oxygen atoms in total. The SMILES string of the molecule is N#Cc1ccc(S(=O)(=O)Nc2cc(-c3ccccc3)[nH]n2)cc1. The van der Waals surface area contributed by atoms with Crippen LogP contribution in [0.3, 0.4) is 0 Å². The molecule has 0 fully saturated rings. The Bertz CT molecular complexity index is 955. The van der Waals surface area contributed by atoms with Crippen LogP contribution in [0.2, 0.25) is 0 Å². The van der Waals surface area contributed by atoms with E-state index < -0.39 is 10.0 Å². The van der Waals surface area contributed by atoms with E-state index in [0.29, 0.717) is 11.3 Å². The molecule has 0 bridgehead atoms. The number of rotatable bonds is 4. The van der Waals surface area contributed by atoms with Gasteiger partial charge in [-0.15, -0.1) is 0 Å². The zero-order chi connectivity index (χ0) is 16.3. The quantitative estimate of drug-likeness (QED) is 0.771. The summed E-state index contributed by atoms with van der Waals surface area (Å²) in [7, 11) is -3.75. The summed E-state index contributed by atoms with van der Waals surface area (Å²) >= 11 is 0. The maximum absolute atomic E-state index is 12.3. The fourth-order valence-corrected chi connectivity index (χ4v) is 3.04. The molecule has 0 amide bonds. The Kier molecular flexibility index (Phi) is 3.83. The van der Waals surface area contributed by atoms with Gasteiger partial charge in [-0.05, 0) is 29.8 Å². The number of nitriles is 1. The normalized spacial score (nSPS) is 10.9. The van der Waals surface area contributed by atoms with Gasteiger partial charge in [-0.3, -0.25) is 9.82 Å². The molecule has 0 saturated heterocycles. The van der Waals surface area contributed by atoms with E-state index in [-0.39, 0.29) is 10.7 Å². The van der Waals surface area contributed by atoms with Crippen LogP contribution >= 0.6 is 0 Å². The lowest BCUT2D eigenvalue weighted by molar-refractivity contribution is 0.601. The predicted octanol–water partition coefficient (Wildman–Crippen LogP) is 2.75. The molecule has 0 aliphatic heterocycles. The van der Waals surface area contributed by atoms with Crippen molar-refractivity contribution in [2.24, 2.45) is 0 Å². The zero-order valence-electron chi connectivity index (χ0n) is 11.9. The Morgan fingerprint density at radius 2 is 1.74 bits per heavy atom. The smallest absolute Gasteiger partial charge is 0.263 e. The molecule has 2 aromatic carbocycles. The molecular weight excluding hydrogens is 312 g/mol. The maximum atomic E-state index is 12.3. The van der Waals surface area contributed by atoms with Crippen LogP contribution in [0.1, 0.15) is 5.56 Å². The zero-order valence-corrected chi connectivity index (χ0v) is 12.7. The fraction of sp³-hybridized carbons (Fsp3) is 0. The van der Waals surface area contributed by atoms with Crippen molar-refractivity contribution < 1.29 is 8.42 Å². The van der Waals surface area contributed by atoms with Crippen molar-refractivity contribution in [2.45, 2.75) is 4.90 Å². The van der Waals surface area contributed by atoms with E-state index >= 15 is 0 Å². The molecule has 0 saturated carbocycles. The fourth-order valence-electron chi connectivity index (χ4n) is 2.04. The van der Waals surface area contributed by atoms with Crippen LogP contribution in [0.15, 0.2) is 65.6 Å². The molecule has 0 radical (unpaired) electrons. The molecule has 3 aromatic rings. The summed E-state index contributed by atoms with van der Waals surface area (Å²) < 4.78 is 27.0. The number of H-pyrrole nitrogens is 1. The molecule has 2 N–H and O–H groups in total. The Balaban J connectivity index is 1.84. The Morgan fingerprint density at radius 3 is 2.39 bits per heavy atom. The molecule has 0 aliphatic rings. The largest absolute Gasteiger partial charge is 0.276 e. The number of nitrogens with one attached hydrogen (secondary N) is 2. The van der Waals surface area contributed by atoms with Crippen molar-refractivity contribution in [3.05, 3.63) is 66.2 Å². The highest BCUT2D eigenvalue weighted by atomic mass is 32.2. The number of sulfonamides is 1. The highest BCUT2D eigenvalue weighted by molar-refractivity contribution is 7.92. The molecule has 7 heteroatoms. The van der Waals surface area contributed by atoms with Crippen LogP contribution in [0, 0.1) is 11.3 Å². The van der Waals surface area contributed by atoms with E-state index in [4.69, 9.17) is 5.26 Å². The van der Waals surface area contributed by atoms with Crippen LogP contribution < -0.4 is 4.72 Å². The molecule has 114 valence electrons. The summed E-state index contributed by atoms with van der Waals surface area (Å²) in [6.45, 7) is 0. The monoisotopic (exact) mass is 324 g/mol. The molecule has 0 spiro atoms. The van der Waals surface area contributed by atoms with Gasteiger partial charge in [0, 0.05) is 6.07 Å². The number of anilines is 1. The van der Waals surface area contributed by atoms with E-state index in [2.05, 4.69) is 14.9 Å². The lowest BCUT2D eigenvalue weighted by atomic mass is 10.2. The second kappa shape index (κ2) is 5.94. The van der Waals surface area contributed by atoms with Gasteiger partial charge in [0.2, 0.25) is 0 Å². The van der Waals surface area contributed by atoms with Gasteiger partial charge in [-0.2, -0.15) is 10.4 Å². The lowest BCUT2D eigenvalue weighted by Gasteiger charge is -2.04. The summed E-state index contributed by atoms with van der Waals surface area (Å²) in [5.41, 5.74) is 2.02. The van der Waals surface area contributed by atoms with Crippen molar-refractivity contribution in [3.8, 4) is 17.3 Å². The third-order valence-electron chi connectivity index (χ3n) is 3.20. The van der Waals surface area contributed by atoms with Crippen LogP contribution in [0.25, 0.3) is 11.3 Å².